The summed E-state index contributed by atoms with van der Waals surface area (Å²) in [5.74, 6) is 0.340. The molecule has 3 heteroatoms. The zero-order valence-corrected chi connectivity index (χ0v) is 11.8. The van der Waals surface area contributed by atoms with Crippen molar-refractivity contribution in [1.29, 1.82) is 0 Å². The van der Waals surface area contributed by atoms with Gasteiger partial charge in [0.15, 0.2) is 0 Å². The monoisotopic (exact) mass is 259 g/mol. The molecule has 0 spiro atoms. The molecule has 0 aliphatic rings. The number of rotatable bonds is 5. The van der Waals surface area contributed by atoms with E-state index in [1.54, 1.807) is 7.11 Å². The first-order chi connectivity index (χ1) is 9.10. The van der Waals surface area contributed by atoms with Gasteiger partial charge in [0.05, 0.1) is 11.6 Å². The van der Waals surface area contributed by atoms with E-state index in [1.165, 1.54) is 0 Å². The van der Waals surface area contributed by atoms with E-state index < -0.39 is 6.10 Å². The molecule has 0 fully saturated rings. The minimum atomic E-state index is -0.448. The first kappa shape index (κ1) is 14.0. The van der Waals surface area contributed by atoms with E-state index >= 15 is 0 Å². The highest BCUT2D eigenvalue weighted by atomic mass is 16.5. The Kier molecular flexibility index (Phi) is 4.51. The SMILES string of the molecule is COCC(C)CC(O)c1ccc2nc(C)ccc2c1. The standard InChI is InChI=1S/C16H21NO2/c1-11(10-19-3)8-16(18)14-6-7-15-13(9-14)5-4-12(2)17-15/h4-7,9,11,16,18H,8,10H2,1-3H3. The predicted molar refractivity (Wildman–Crippen MR) is 77.1 cm³/mol. The van der Waals surface area contributed by atoms with Gasteiger partial charge < -0.3 is 9.84 Å². The van der Waals surface area contributed by atoms with Crippen LogP contribution in [0.15, 0.2) is 30.3 Å². The molecular formula is C16H21NO2. The smallest absolute Gasteiger partial charge is 0.0793 e. The van der Waals surface area contributed by atoms with E-state index in [0.29, 0.717) is 18.9 Å². The second-order valence-corrected chi connectivity index (χ2v) is 5.22. The van der Waals surface area contributed by atoms with Crippen LogP contribution in [0.3, 0.4) is 0 Å². The molecule has 2 aromatic rings. The van der Waals surface area contributed by atoms with Gasteiger partial charge in [0.25, 0.3) is 0 Å². The molecule has 0 aliphatic carbocycles. The number of pyridine rings is 1. The average Bonchev–Trinajstić information content (AvgIpc) is 2.38. The van der Waals surface area contributed by atoms with Gasteiger partial charge in [0, 0.05) is 24.8 Å². The van der Waals surface area contributed by atoms with E-state index in [4.69, 9.17) is 4.74 Å². The Hall–Kier alpha value is -1.45. The van der Waals surface area contributed by atoms with Crippen LogP contribution in [-0.2, 0) is 4.74 Å². The molecule has 0 saturated carbocycles. The van der Waals surface area contributed by atoms with Crippen LogP contribution < -0.4 is 0 Å². The zero-order valence-electron chi connectivity index (χ0n) is 11.8. The molecule has 2 unspecified atom stereocenters. The maximum absolute atomic E-state index is 10.3. The number of nitrogens with zero attached hydrogens (tertiary/aromatic N) is 1. The minimum Gasteiger partial charge on any atom is -0.388 e. The van der Waals surface area contributed by atoms with Crippen LogP contribution in [0, 0.1) is 12.8 Å². The predicted octanol–water partition coefficient (Wildman–Crippen LogP) is 3.25. The zero-order chi connectivity index (χ0) is 13.8. The summed E-state index contributed by atoms with van der Waals surface area (Å²) >= 11 is 0. The second kappa shape index (κ2) is 6.13. The van der Waals surface area contributed by atoms with Gasteiger partial charge in [-0.3, -0.25) is 4.98 Å². The lowest BCUT2D eigenvalue weighted by Gasteiger charge is -2.16. The quantitative estimate of drug-likeness (QED) is 0.896. The van der Waals surface area contributed by atoms with Crippen molar-refractivity contribution < 1.29 is 9.84 Å². The van der Waals surface area contributed by atoms with E-state index in [9.17, 15) is 5.11 Å². The van der Waals surface area contributed by atoms with Crippen LogP contribution >= 0.6 is 0 Å². The average molecular weight is 259 g/mol. The van der Waals surface area contributed by atoms with E-state index in [2.05, 4.69) is 11.9 Å². The highest BCUT2D eigenvalue weighted by Crippen LogP contribution is 2.24. The summed E-state index contributed by atoms with van der Waals surface area (Å²) < 4.78 is 5.10. The van der Waals surface area contributed by atoms with Crippen molar-refractivity contribution in [1.82, 2.24) is 4.98 Å². The molecule has 102 valence electrons. The Labute approximate surface area is 114 Å². The van der Waals surface area contributed by atoms with Crippen molar-refractivity contribution in [2.75, 3.05) is 13.7 Å². The molecule has 0 aliphatic heterocycles. The van der Waals surface area contributed by atoms with Gasteiger partial charge in [-0.15, -0.1) is 0 Å². The van der Waals surface area contributed by atoms with Gasteiger partial charge in [-0.05, 0) is 43.0 Å². The van der Waals surface area contributed by atoms with Crippen molar-refractivity contribution in [3.63, 3.8) is 0 Å². The van der Waals surface area contributed by atoms with Crippen molar-refractivity contribution in [3.8, 4) is 0 Å². The highest BCUT2D eigenvalue weighted by Gasteiger charge is 2.13. The third-order valence-corrected chi connectivity index (χ3v) is 3.31. The number of ether oxygens (including phenoxy) is 1. The summed E-state index contributed by atoms with van der Waals surface area (Å²) in [5, 5.41) is 11.3. The van der Waals surface area contributed by atoms with E-state index in [-0.39, 0.29) is 0 Å². The molecular weight excluding hydrogens is 238 g/mol. The number of fused-ring (bicyclic) bond motifs is 1. The molecule has 0 saturated heterocycles. The Morgan fingerprint density at radius 3 is 2.79 bits per heavy atom. The van der Waals surface area contributed by atoms with Crippen LogP contribution in [0.2, 0.25) is 0 Å². The van der Waals surface area contributed by atoms with Crippen molar-refractivity contribution in [2.24, 2.45) is 5.92 Å². The molecule has 1 aromatic heterocycles. The lowest BCUT2D eigenvalue weighted by molar-refractivity contribution is 0.102. The first-order valence-electron chi connectivity index (χ1n) is 6.64. The highest BCUT2D eigenvalue weighted by molar-refractivity contribution is 5.79. The molecule has 2 atom stereocenters. The number of aliphatic hydroxyl groups excluding tert-OH is 1. The van der Waals surface area contributed by atoms with Crippen molar-refractivity contribution in [2.45, 2.75) is 26.4 Å². The number of aliphatic hydroxyl groups is 1. The first-order valence-corrected chi connectivity index (χ1v) is 6.64. The van der Waals surface area contributed by atoms with E-state index in [0.717, 1.165) is 22.2 Å². The fourth-order valence-electron chi connectivity index (χ4n) is 2.32. The maximum Gasteiger partial charge on any atom is 0.0793 e. The second-order valence-electron chi connectivity index (χ2n) is 5.22. The molecule has 3 nitrogen and oxygen atoms in total. The normalized spacial score (nSPS) is 14.5. The number of methoxy groups -OCH3 is 1. The number of benzene rings is 1. The Balaban J connectivity index is 2.18. The van der Waals surface area contributed by atoms with Crippen LogP contribution in [0.5, 0.6) is 0 Å². The summed E-state index contributed by atoms with van der Waals surface area (Å²) in [7, 11) is 1.69. The van der Waals surface area contributed by atoms with Gasteiger partial charge in [-0.2, -0.15) is 0 Å². The third kappa shape index (κ3) is 3.52. The number of aryl methyl sites for hydroxylation is 1. The van der Waals surface area contributed by atoms with Crippen LogP contribution in [0.25, 0.3) is 10.9 Å². The number of hydrogen-bond acceptors (Lipinski definition) is 3. The largest absolute Gasteiger partial charge is 0.388 e. The fourth-order valence-corrected chi connectivity index (χ4v) is 2.32. The molecule has 2 rings (SSSR count). The van der Waals surface area contributed by atoms with Crippen LogP contribution in [-0.4, -0.2) is 23.8 Å². The molecule has 19 heavy (non-hydrogen) atoms. The Bertz CT molecular complexity index is 553. The van der Waals surface area contributed by atoms with E-state index in [1.807, 2.05) is 37.3 Å². The Morgan fingerprint density at radius 2 is 2.05 bits per heavy atom. The molecule has 0 bridgehead atoms. The van der Waals surface area contributed by atoms with Crippen LogP contribution in [0.4, 0.5) is 0 Å². The molecule has 0 radical (unpaired) electrons. The van der Waals surface area contributed by atoms with Gasteiger partial charge in [0.2, 0.25) is 0 Å². The molecule has 1 aromatic carbocycles. The maximum atomic E-state index is 10.3. The van der Waals surface area contributed by atoms with Gasteiger partial charge in [0.1, 0.15) is 0 Å². The van der Waals surface area contributed by atoms with Gasteiger partial charge in [-0.25, -0.2) is 0 Å². The number of hydrogen-bond donors (Lipinski definition) is 1. The lowest BCUT2D eigenvalue weighted by Crippen LogP contribution is -2.09. The van der Waals surface area contributed by atoms with Crippen molar-refractivity contribution >= 4 is 10.9 Å². The summed E-state index contributed by atoms with van der Waals surface area (Å²) in [6, 6.07) is 9.99. The third-order valence-electron chi connectivity index (χ3n) is 3.31. The number of aromatic nitrogens is 1. The van der Waals surface area contributed by atoms with Crippen LogP contribution in [0.1, 0.15) is 30.7 Å². The summed E-state index contributed by atoms with van der Waals surface area (Å²) in [5.41, 5.74) is 2.93. The Morgan fingerprint density at radius 1 is 1.26 bits per heavy atom. The molecule has 0 amide bonds. The minimum absolute atomic E-state index is 0.340. The van der Waals surface area contributed by atoms with Gasteiger partial charge >= 0.3 is 0 Å². The van der Waals surface area contributed by atoms with Gasteiger partial charge in [-0.1, -0.05) is 19.1 Å². The summed E-state index contributed by atoms with van der Waals surface area (Å²) in [6.07, 6.45) is 0.259. The molecule has 1 N–H and O–H groups in total. The topological polar surface area (TPSA) is 42.4 Å². The van der Waals surface area contributed by atoms with Crippen molar-refractivity contribution in [3.05, 3.63) is 41.6 Å². The summed E-state index contributed by atoms with van der Waals surface area (Å²) in [6.45, 7) is 4.73. The summed E-state index contributed by atoms with van der Waals surface area (Å²) in [4.78, 5) is 4.46. The fraction of sp³-hybridized carbons (Fsp3) is 0.438. The molecule has 1 heterocycles. The lowest BCUT2D eigenvalue weighted by atomic mass is 9.97.